The van der Waals surface area contributed by atoms with Crippen molar-refractivity contribution in [3.63, 3.8) is 0 Å². The van der Waals surface area contributed by atoms with Gasteiger partial charge in [-0.1, -0.05) is 36.4 Å². The number of primary amides is 1. The highest BCUT2D eigenvalue weighted by Gasteiger charge is 2.11. The molecular weight excluding hydrogens is 284 g/mol. The van der Waals surface area contributed by atoms with E-state index in [2.05, 4.69) is 10.2 Å². The molecule has 0 bridgehead atoms. The molecule has 0 spiro atoms. The number of rotatable bonds is 3. The quantitative estimate of drug-likeness (QED) is 0.730. The summed E-state index contributed by atoms with van der Waals surface area (Å²) in [6.07, 6.45) is 0. The van der Waals surface area contributed by atoms with Crippen LogP contribution in [0.3, 0.4) is 0 Å². The first kappa shape index (κ1) is 13.3. The van der Waals surface area contributed by atoms with Gasteiger partial charge in [-0.05, 0) is 30.4 Å². The van der Waals surface area contributed by atoms with Crippen LogP contribution in [0.1, 0.15) is 10.4 Å². The van der Waals surface area contributed by atoms with E-state index < -0.39 is 5.91 Å². The molecule has 104 valence electrons. The second-order valence-electron chi connectivity index (χ2n) is 4.47. The minimum atomic E-state index is -0.479. The Bertz CT molecular complexity index is 851. The highest BCUT2D eigenvalue weighted by molar-refractivity contribution is 7.71. The van der Waals surface area contributed by atoms with Gasteiger partial charge in [-0.2, -0.15) is 5.10 Å². The monoisotopic (exact) mass is 296 g/mol. The molecule has 3 rings (SSSR count). The van der Waals surface area contributed by atoms with Crippen LogP contribution in [0.2, 0.25) is 0 Å². The third-order valence-electron chi connectivity index (χ3n) is 3.09. The van der Waals surface area contributed by atoms with Gasteiger partial charge in [0, 0.05) is 11.1 Å². The lowest BCUT2D eigenvalue weighted by molar-refractivity contribution is 0.100. The van der Waals surface area contributed by atoms with Crippen molar-refractivity contribution < 1.29 is 4.79 Å². The summed E-state index contributed by atoms with van der Waals surface area (Å²) < 4.78 is 2.23. The fourth-order valence-corrected chi connectivity index (χ4v) is 2.35. The molecule has 0 radical (unpaired) electrons. The zero-order chi connectivity index (χ0) is 14.8. The molecule has 0 saturated heterocycles. The fourth-order valence-electron chi connectivity index (χ4n) is 2.12. The van der Waals surface area contributed by atoms with Crippen molar-refractivity contribution >= 4 is 18.1 Å². The molecule has 0 aliphatic carbocycles. The fraction of sp³-hybridized carbons (Fsp3) is 0. The van der Waals surface area contributed by atoms with Crippen molar-refractivity contribution in [1.29, 1.82) is 0 Å². The zero-order valence-corrected chi connectivity index (χ0v) is 11.8. The highest BCUT2D eigenvalue weighted by Crippen LogP contribution is 2.21. The molecule has 1 aromatic heterocycles. The molecule has 1 amide bonds. The van der Waals surface area contributed by atoms with E-state index in [1.165, 1.54) is 0 Å². The molecule has 21 heavy (non-hydrogen) atoms. The minimum Gasteiger partial charge on any atom is -0.366 e. The standard InChI is InChI=1S/C15H12N4OS/c16-13(20)11-7-4-8-12(9-11)19-14(17-18-15(19)21)10-5-2-1-3-6-10/h1-9H,(H2,16,20)(H,18,21). The molecule has 0 unspecified atom stereocenters. The molecule has 1 heterocycles. The Morgan fingerprint density at radius 1 is 1.14 bits per heavy atom. The third kappa shape index (κ3) is 2.48. The van der Waals surface area contributed by atoms with E-state index >= 15 is 0 Å². The lowest BCUT2D eigenvalue weighted by Crippen LogP contribution is -2.11. The number of nitrogens with one attached hydrogen (secondary N) is 1. The van der Waals surface area contributed by atoms with E-state index in [-0.39, 0.29) is 0 Å². The van der Waals surface area contributed by atoms with Crippen molar-refractivity contribution in [2.75, 3.05) is 0 Å². The number of H-pyrrole nitrogens is 1. The van der Waals surface area contributed by atoms with Crippen LogP contribution < -0.4 is 5.73 Å². The molecule has 0 atom stereocenters. The number of nitrogens with two attached hydrogens (primary N) is 1. The molecule has 6 heteroatoms. The summed E-state index contributed by atoms with van der Waals surface area (Å²) in [6.45, 7) is 0. The molecular formula is C15H12N4OS. The molecule has 2 aromatic carbocycles. The van der Waals surface area contributed by atoms with Gasteiger partial charge in [0.05, 0.1) is 5.69 Å². The molecule has 0 fully saturated rings. The molecule has 0 saturated carbocycles. The van der Waals surface area contributed by atoms with E-state index in [0.29, 0.717) is 16.2 Å². The van der Waals surface area contributed by atoms with Gasteiger partial charge in [0.2, 0.25) is 5.91 Å². The van der Waals surface area contributed by atoms with Crippen LogP contribution in [0.5, 0.6) is 0 Å². The summed E-state index contributed by atoms with van der Waals surface area (Å²) in [7, 11) is 0. The average Bonchev–Trinajstić information content (AvgIpc) is 2.90. The van der Waals surface area contributed by atoms with Gasteiger partial charge in [-0.25, -0.2) is 0 Å². The van der Waals surface area contributed by atoms with E-state index in [9.17, 15) is 4.79 Å². The van der Waals surface area contributed by atoms with Crippen LogP contribution in [0.25, 0.3) is 17.1 Å². The summed E-state index contributed by atoms with van der Waals surface area (Å²) in [5, 5.41) is 7.05. The van der Waals surface area contributed by atoms with Gasteiger partial charge < -0.3 is 5.73 Å². The second kappa shape index (κ2) is 5.34. The van der Waals surface area contributed by atoms with Gasteiger partial charge >= 0.3 is 0 Å². The summed E-state index contributed by atoms with van der Waals surface area (Å²) in [4.78, 5) is 11.3. The number of aromatic nitrogens is 3. The van der Waals surface area contributed by atoms with Gasteiger partial charge in [0.15, 0.2) is 10.6 Å². The Kier molecular flexibility index (Phi) is 3.37. The summed E-state index contributed by atoms with van der Waals surface area (Å²) in [6, 6.07) is 16.6. The lowest BCUT2D eigenvalue weighted by atomic mass is 10.1. The maximum Gasteiger partial charge on any atom is 0.248 e. The number of hydrogen-bond acceptors (Lipinski definition) is 3. The van der Waals surface area contributed by atoms with Gasteiger partial charge in [0.25, 0.3) is 0 Å². The molecule has 3 aromatic rings. The van der Waals surface area contributed by atoms with E-state index in [1.807, 2.05) is 36.4 Å². The smallest absolute Gasteiger partial charge is 0.248 e. The Balaban J connectivity index is 2.20. The number of amides is 1. The van der Waals surface area contributed by atoms with E-state index in [0.717, 1.165) is 11.3 Å². The number of nitrogens with zero attached hydrogens (tertiary/aromatic N) is 2. The SMILES string of the molecule is NC(=O)c1cccc(-n2c(-c3ccccc3)n[nH]c2=S)c1. The van der Waals surface area contributed by atoms with Crippen LogP contribution >= 0.6 is 12.2 Å². The molecule has 0 aliphatic rings. The maximum absolute atomic E-state index is 11.3. The van der Waals surface area contributed by atoms with Crippen LogP contribution in [0, 0.1) is 4.77 Å². The van der Waals surface area contributed by atoms with E-state index in [4.69, 9.17) is 18.0 Å². The average molecular weight is 296 g/mol. The van der Waals surface area contributed by atoms with Crippen molar-refractivity contribution in [3.05, 3.63) is 64.9 Å². The van der Waals surface area contributed by atoms with Crippen LogP contribution in [0.4, 0.5) is 0 Å². The number of carbonyl (C=O) groups excluding carboxylic acids is 1. The topological polar surface area (TPSA) is 76.7 Å². The largest absolute Gasteiger partial charge is 0.366 e. The molecule has 5 nitrogen and oxygen atoms in total. The Morgan fingerprint density at radius 3 is 2.62 bits per heavy atom. The van der Waals surface area contributed by atoms with Gasteiger partial charge in [-0.15, -0.1) is 0 Å². The molecule has 3 N–H and O–H groups in total. The van der Waals surface area contributed by atoms with Gasteiger partial charge in [-0.3, -0.25) is 14.5 Å². The van der Waals surface area contributed by atoms with Crippen molar-refractivity contribution in [1.82, 2.24) is 14.8 Å². The summed E-state index contributed by atoms with van der Waals surface area (Å²) >= 11 is 5.29. The number of carbonyl (C=O) groups is 1. The van der Waals surface area contributed by atoms with Crippen molar-refractivity contribution in [3.8, 4) is 17.1 Å². The highest BCUT2D eigenvalue weighted by atomic mass is 32.1. The maximum atomic E-state index is 11.3. The Morgan fingerprint density at radius 2 is 1.90 bits per heavy atom. The van der Waals surface area contributed by atoms with Crippen molar-refractivity contribution in [2.24, 2.45) is 5.73 Å². The predicted molar refractivity (Wildman–Crippen MR) is 82.7 cm³/mol. The lowest BCUT2D eigenvalue weighted by Gasteiger charge is -2.08. The van der Waals surface area contributed by atoms with Crippen molar-refractivity contribution in [2.45, 2.75) is 0 Å². The second-order valence-corrected chi connectivity index (χ2v) is 4.86. The first-order valence-electron chi connectivity index (χ1n) is 6.30. The number of benzene rings is 2. The zero-order valence-electron chi connectivity index (χ0n) is 11.0. The Hall–Kier alpha value is -2.73. The molecule has 0 aliphatic heterocycles. The van der Waals surface area contributed by atoms with Crippen LogP contribution in [-0.2, 0) is 0 Å². The summed E-state index contributed by atoms with van der Waals surface area (Å²) in [5.74, 6) is 0.204. The minimum absolute atomic E-state index is 0.426. The summed E-state index contributed by atoms with van der Waals surface area (Å²) in [5.41, 5.74) is 7.42. The number of hydrogen-bond donors (Lipinski definition) is 2. The predicted octanol–water partition coefficient (Wildman–Crippen LogP) is 2.70. The first-order chi connectivity index (χ1) is 10.2. The van der Waals surface area contributed by atoms with E-state index in [1.54, 1.807) is 22.8 Å². The normalized spacial score (nSPS) is 10.5. The number of aromatic amines is 1. The van der Waals surface area contributed by atoms with Gasteiger partial charge in [0.1, 0.15) is 0 Å². The van der Waals surface area contributed by atoms with Crippen LogP contribution in [0.15, 0.2) is 54.6 Å². The third-order valence-corrected chi connectivity index (χ3v) is 3.37. The Labute approximate surface area is 126 Å². The first-order valence-corrected chi connectivity index (χ1v) is 6.71. The van der Waals surface area contributed by atoms with Crippen LogP contribution in [-0.4, -0.2) is 20.7 Å².